The zero-order valence-corrected chi connectivity index (χ0v) is 11.5. The Labute approximate surface area is 120 Å². The molecule has 0 heterocycles. The van der Waals surface area contributed by atoms with Gasteiger partial charge in [-0.15, -0.1) is 0 Å². The van der Waals surface area contributed by atoms with Crippen LogP contribution in [0.25, 0.3) is 0 Å². The molecule has 0 aromatic heterocycles. The average molecular weight is 298 g/mol. The number of aliphatic hydroxyl groups excluding tert-OH is 5. The van der Waals surface area contributed by atoms with E-state index in [1.54, 1.807) is 0 Å². The number of carbonyl (C=O) groups is 3. The van der Waals surface area contributed by atoms with Gasteiger partial charge in [-0.05, 0) is 27.6 Å². The molecule has 0 fully saturated rings. The average Bonchev–Trinajstić information content (AvgIpc) is 2.52. The molecule has 0 aliphatic carbocycles. The molecule has 0 aromatic carbocycles. The maximum Gasteiger partial charge on any atom is 0.151 e. The second-order valence-electron chi connectivity index (χ2n) is 3.76. The summed E-state index contributed by atoms with van der Waals surface area (Å²) in [6, 6.07) is 0. The van der Waals surface area contributed by atoms with Crippen molar-refractivity contribution in [1.82, 2.24) is 0 Å². The fraction of sp³-hybridized carbons (Fsp3) is 0.750. The summed E-state index contributed by atoms with van der Waals surface area (Å²) >= 11 is 0. The molecule has 0 rings (SSSR count). The van der Waals surface area contributed by atoms with E-state index in [1.165, 1.54) is 13.8 Å². The van der Waals surface area contributed by atoms with Crippen LogP contribution in [0.2, 0.25) is 0 Å². The lowest BCUT2D eigenvalue weighted by Gasteiger charge is -2.22. The van der Waals surface area contributed by atoms with Gasteiger partial charge in [0, 0.05) is 2.74 Å². The fourth-order valence-corrected chi connectivity index (χ4v) is 0.618. The van der Waals surface area contributed by atoms with Crippen molar-refractivity contribution in [2.45, 2.75) is 52.1 Å². The molecule has 4 atom stereocenters. The van der Waals surface area contributed by atoms with E-state index in [-0.39, 0.29) is 31.7 Å². The van der Waals surface area contributed by atoms with Gasteiger partial charge in [0.1, 0.15) is 36.0 Å². The Hall–Kier alpha value is -1.19. The molecule has 0 amide bonds. The van der Waals surface area contributed by atoms with E-state index in [0.29, 0.717) is 0 Å². The summed E-state index contributed by atoms with van der Waals surface area (Å²) in [7, 11) is 0. The highest BCUT2D eigenvalue weighted by atomic mass is 16.4. The van der Waals surface area contributed by atoms with Crippen molar-refractivity contribution in [1.29, 1.82) is 0 Å². The molecular formula is C12H24O8. The zero-order valence-electron chi connectivity index (χ0n) is 13.5. The predicted molar refractivity (Wildman–Crippen MR) is 69.9 cm³/mol. The molecule has 8 nitrogen and oxygen atoms in total. The van der Waals surface area contributed by atoms with Crippen LogP contribution in [0, 0.1) is 0 Å². The van der Waals surface area contributed by atoms with Crippen LogP contribution < -0.4 is 0 Å². The molecule has 0 saturated carbocycles. The lowest BCUT2D eigenvalue weighted by molar-refractivity contribution is -0.136. The van der Waals surface area contributed by atoms with Gasteiger partial charge in [-0.2, -0.15) is 0 Å². The highest BCUT2D eigenvalue weighted by Gasteiger charge is 2.29. The van der Waals surface area contributed by atoms with Crippen LogP contribution in [0.5, 0.6) is 0 Å². The molecule has 0 aliphatic rings. The molecule has 4 unspecified atom stereocenters. The largest absolute Gasteiger partial charge is 0.394 e. The summed E-state index contributed by atoms with van der Waals surface area (Å²) < 4.78 is 12.6. The molecule has 0 spiro atoms. The summed E-state index contributed by atoms with van der Waals surface area (Å²) in [6.07, 6.45) is -6.84. The van der Waals surface area contributed by atoms with E-state index in [0.717, 1.165) is 0 Å². The summed E-state index contributed by atoms with van der Waals surface area (Å²) in [5.74, 6) is -0.157. The maximum absolute atomic E-state index is 9.90. The first-order valence-corrected chi connectivity index (χ1v) is 5.44. The van der Waals surface area contributed by atoms with Crippen LogP contribution in [0.15, 0.2) is 0 Å². The number of aldehydes is 1. The van der Waals surface area contributed by atoms with E-state index in [2.05, 4.69) is 0 Å². The van der Waals surface area contributed by atoms with Gasteiger partial charge in [0.15, 0.2) is 6.29 Å². The Balaban J connectivity index is -0.000000298. The zero-order chi connectivity index (χ0) is 18.3. The van der Waals surface area contributed by atoms with Crippen molar-refractivity contribution >= 4 is 17.9 Å². The summed E-state index contributed by atoms with van der Waals surface area (Å²) in [5, 5.41) is 43.5. The highest BCUT2D eigenvalue weighted by Crippen LogP contribution is 2.02. The van der Waals surface area contributed by atoms with Crippen LogP contribution in [0.3, 0.4) is 0 Å². The molecule has 5 N–H and O–H groups in total. The molecule has 8 heteroatoms. The van der Waals surface area contributed by atoms with Crippen LogP contribution in [-0.2, 0) is 14.4 Å². The Kier molecular flexibility index (Phi) is 13.4. The van der Waals surface area contributed by atoms with E-state index >= 15 is 0 Å². The Morgan fingerprint density at radius 3 is 1.60 bits per heavy atom. The summed E-state index contributed by atoms with van der Waals surface area (Å²) in [6.45, 7) is 1.86. The maximum atomic E-state index is 9.90. The van der Waals surface area contributed by atoms with Crippen LogP contribution in [0.4, 0.5) is 0 Å². The fourth-order valence-electron chi connectivity index (χ4n) is 0.618. The van der Waals surface area contributed by atoms with Gasteiger partial charge < -0.3 is 39.9 Å². The van der Waals surface area contributed by atoms with Gasteiger partial charge in [-0.3, -0.25) is 0 Å². The van der Waals surface area contributed by atoms with Crippen LogP contribution in [0.1, 0.15) is 30.4 Å². The van der Waals surface area contributed by atoms with Gasteiger partial charge in [0.25, 0.3) is 0 Å². The third-order valence-electron chi connectivity index (χ3n) is 1.42. The topological polar surface area (TPSA) is 152 Å². The molecule has 0 aromatic rings. The molecule has 0 bridgehead atoms. The summed E-state index contributed by atoms with van der Waals surface area (Å²) in [4.78, 5) is 29.1. The van der Waals surface area contributed by atoms with Crippen LogP contribution in [-0.4, -0.2) is 74.4 Å². The number of hydrogen-bond acceptors (Lipinski definition) is 8. The van der Waals surface area contributed by atoms with Gasteiger partial charge >= 0.3 is 0 Å². The first kappa shape index (κ1) is 18.8. The molecule has 0 aliphatic heterocycles. The Bertz CT molecular complexity index is 300. The first-order chi connectivity index (χ1) is 10.1. The van der Waals surface area contributed by atoms with E-state index < -0.39 is 31.0 Å². The Morgan fingerprint density at radius 1 is 1.05 bits per heavy atom. The van der Waals surface area contributed by atoms with Crippen molar-refractivity contribution in [3.63, 3.8) is 0 Å². The van der Waals surface area contributed by atoms with E-state index in [1.807, 2.05) is 0 Å². The number of carbonyl (C=O) groups excluding carboxylic acids is 3. The SMILES string of the molecule is O=CC(O)C(O)C(O)C(O)CO.[2H]CC(C)=O.[2H]CC(C)=O. The standard InChI is InChI=1S/C6H12O6.2C3H6O/c7-1-3(9)5(11)6(12)4(10)2-8;2*1-3(2)4/h1,3-6,8-12H,2H2;2*1-2H3/i;2*1D. The third-order valence-corrected chi connectivity index (χ3v) is 1.42. The highest BCUT2D eigenvalue weighted by molar-refractivity contribution is 5.72. The van der Waals surface area contributed by atoms with Crippen molar-refractivity contribution in [2.24, 2.45) is 0 Å². The molecule has 0 radical (unpaired) electrons. The van der Waals surface area contributed by atoms with Crippen molar-refractivity contribution in [3.05, 3.63) is 0 Å². The number of Topliss-reactive ketones (excluding diaryl/α,β-unsaturated/α-hetero) is 2. The quantitative estimate of drug-likeness (QED) is 0.359. The van der Waals surface area contributed by atoms with Crippen molar-refractivity contribution in [2.75, 3.05) is 6.61 Å². The lowest BCUT2D eigenvalue weighted by Crippen LogP contribution is -2.46. The van der Waals surface area contributed by atoms with E-state index in [4.69, 9.17) is 28.3 Å². The van der Waals surface area contributed by atoms with E-state index in [9.17, 15) is 14.4 Å². The first-order valence-electron chi connectivity index (χ1n) is 6.86. The number of aliphatic hydroxyl groups is 5. The molecular weight excluding hydrogens is 272 g/mol. The number of rotatable bonds is 5. The lowest BCUT2D eigenvalue weighted by atomic mass is 10.0. The normalized spacial score (nSPS) is 16.6. The van der Waals surface area contributed by atoms with Gasteiger partial charge in [0.05, 0.1) is 6.61 Å². The van der Waals surface area contributed by atoms with Gasteiger partial charge in [-0.1, -0.05) is 0 Å². The van der Waals surface area contributed by atoms with Gasteiger partial charge in [0.2, 0.25) is 0 Å². The van der Waals surface area contributed by atoms with Crippen molar-refractivity contribution < 1.29 is 42.7 Å². The predicted octanol–water partition coefficient (Wildman–Crippen LogP) is -2.19. The second kappa shape index (κ2) is 14.2. The molecule has 0 saturated heterocycles. The van der Waals surface area contributed by atoms with Gasteiger partial charge in [-0.25, -0.2) is 0 Å². The monoisotopic (exact) mass is 298 g/mol. The number of hydrogen-bond donors (Lipinski definition) is 5. The molecule has 20 heavy (non-hydrogen) atoms. The summed E-state index contributed by atoms with van der Waals surface area (Å²) in [5.41, 5.74) is 0. The number of ketones is 2. The second-order valence-corrected chi connectivity index (χ2v) is 3.76. The minimum atomic E-state index is -1.79. The Morgan fingerprint density at radius 2 is 1.40 bits per heavy atom. The third kappa shape index (κ3) is 19.2. The van der Waals surface area contributed by atoms with Crippen molar-refractivity contribution in [3.8, 4) is 0 Å². The minimum absolute atomic E-state index is 0.0258. The minimum Gasteiger partial charge on any atom is -0.394 e. The smallest absolute Gasteiger partial charge is 0.151 e. The molecule has 120 valence electrons. The van der Waals surface area contributed by atoms with Crippen LogP contribution >= 0.6 is 0 Å².